The first-order valence-electron chi connectivity index (χ1n) is 7.70. The lowest BCUT2D eigenvalue weighted by Gasteiger charge is -2.09. The van der Waals surface area contributed by atoms with Crippen molar-refractivity contribution in [1.82, 2.24) is 0 Å². The number of para-hydroxylation sites is 1. The number of hydrogen-bond acceptors (Lipinski definition) is 3. The van der Waals surface area contributed by atoms with Crippen molar-refractivity contribution in [2.75, 3.05) is 5.32 Å². The number of rotatable bonds is 5. The first-order valence-corrected chi connectivity index (χ1v) is 8.08. The van der Waals surface area contributed by atoms with Crippen LogP contribution in [-0.2, 0) is 11.3 Å². The minimum absolute atomic E-state index is 0.144. The molecule has 0 unspecified atom stereocenters. The molecule has 0 heterocycles. The van der Waals surface area contributed by atoms with Gasteiger partial charge < -0.3 is 9.47 Å². The summed E-state index contributed by atoms with van der Waals surface area (Å²) in [5.41, 5.74) is 1.45. The highest BCUT2D eigenvalue weighted by atomic mass is 35.5. The number of amides is 1. The van der Waals surface area contributed by atoms with Gasteiger partial charge >= 0.3 is 6.09 Å². The molecule has 4 nitrogen and oxygen atoms in total. The molecule has 0 aliphatic rings. The van der Waals surface area contributed by atoms with Gasteiger partial charge in [-0.2, -0.15) is 0 Å². The molecule has 3 aromatic carbocycles. The highest BCUT2D eigenvalue weighted by Crippen LogP contribution is 2.22. The second-order valence-corrected chi connectivity index (χ2v) is 5.71. The van der Waals surface area contributed by atoms with Crippen molar-refractivity contribution in [3.8, 4) is 11.5 Å². The lowest BCUT2D eigenvalue weighted by atomic mass is 10.2. The van der Waals surface area contributed by atoms with Gasteiger partial charge in [0.25, 0.3) is 0 Å². The van der Waals surface area contributed by atoms with Gasteiger partial charge in [0.15, 0.2) is 0 Å². The maximum Gasteiger partial charge on any atom is 0.411 e. The summed E-state index contributed by atoms with van der Waals surface area (Å²) in [6.45, 7) is 0.144. The summed E-state index contributed by atoms with van der Waals surface area (Å²) in [5.74, 6) is 1.44. The minimum atomic E-state index is -0.531. The van der Waals surface area contributed by atoms with Crippen LogP contribution in [0.3, 0.4) is 0 Å². The molecule has 0 atom stereocenters. The molecule has 0 aliphatic heterocycles. The molecular weight excluding hydrogens is 338 g/mol. The van der Waals surface area contributed by atoms with Crippen LogP contribution in [-0.4, -0.2) is 6.09 Å². The Kier molecular flexibility index (Phi) is 5.54. The van der Waals surface area contributed by atoms with E-state index in [4.69, 9.17) is 21.1 Å². The van der Waals surface area contributed by atoms with E-state index in [9.17, 15) is 4.79 Å². The van der Waals surface area contributed by atoms with Gasteiger partial charge in [0.2, 0.25) is 0 Å². The maximum absolute atomic E-state index is 11.8. The van der Waals surface area contributed by atoms with E-state index in [1.54, 1.807) is 24.3 Å². The van der Waals surface area contributed by atoms with E-state index >= 15 is 0 Å². The Labute approximate surface area is 151 Å². The summed E-state index contributed by atoms with van der Waals surface area (Å²) in [4.78, 5) is 11.8. The van der Waals surface area contributed by atoms with Crippen LogP contribution in [0, 0.1) is 0 Å². The van der Waals surface area contributed by atoms with Crippen molar-refractivity contribution in [2.24, 2.45) is 0 Å². The van der Waals surface area contributed by atoms with Crippen LogP contribution >= 0.6 is 11.6 Å². The molecule has 5 heteroatoms. The van der Waals surface area contributed by atoms with Gasteiger partial charge in [0.1, 0.15) is 18.1 Å². The van der Waals surface area contributed by atoms with Gasteiger partial charge in [-0.25, -0.2) is 4.79 Å². The number of halogens is 1. The molecule has 0 saturated carbocycles. The number of benzene rings is 3. The number of carbonyl (C=O) groups excluding carboxylic acids is 1. The first-order chi connectivity index (χ1) is 12.2. The standard InChI is InChI=1S/C20H16ClNO3/c21-16-9-11-17(12-10-16)22-20(23)24-14-15-5-4-8-19(13-15)25-18-6-2-1-3-7-18/h1-13H,14H2,(H,22,23). The van der Waals surface area contributed by atoms with Crippen LogP contribution in [0.25, 0.3) is 0 Å². The molecule has 1 amide bonds. The van der Waals surface area contributed by atoms with Crippen molar-refractivity contribution < 1.29 is 14.3 Å². The van der Waals surface area contributed by atoms with Crippen LogP contribution in [0.4, 0.5) is 10.5 Å². The average molecular weight is 354 g/mol. The summed E-state index contributed by atoms with van der Waals surface area (Å²) in [5, 5.41) is 3.25. The molecule has 0 radical (unpaired) electrons. The number of ether oxygens (including phenoxy) is 2. The highest BCUT2D eigenvalue weighted by molar-refractivity contribution is 6.30. The van der Waals surface area contributed by atoms with Crippen molar-refractivity contribution in [3.05, 3.63) is 89.4 Å². The minimum Gasteiger partial charge on any atom is -0.457 e. The monoisotopic (exact) mass is 353 g/mol. The van der Waals surface area contributed by atoms with E-state index in [-0.39, 0.29) is 6.61 Å². The fourth-order valence-electron chi connectivity index (χ4n) is 2.16. The normalized spacial score (nSPS) is 10.1. The average Bonchev–Trinajstić information content (AvgIpc) is 2.63. The third-order valence-corrected chi connectivity index (χ3v) is 3.59. The molecule has 1 N–H and O–H groups in total. The Morgan fingerprint density at radius 3 is 2.36 bits per heavy atom. The van der Waals surface area contributed by atoms with Crippen molar-refractivity contribution in [2.45, 2.75) is 6.61 Å². The fourth-order valence-corrected chi connectivity index (χ4v) is 2.29. The molecule has 3 aromatic rings. The lowest BCUT2D eigenvalue weighted by molar-refractivity contribution is 0.155. The molecular formula is C20H16ClNO3. The van der Waals surface area contributed by atoms with E-state index in [0.717, 1.165) is 11.3 Å². The number of carbonyl (C=O) groups is 1. The second-order valence-electron chi connectivity index (χ2n) is 5.27. The van der Waals surface area contributed by atoms with Gasteiger partial charge in [0, 0.05) is 10.7 Å². The van der Waals surface area contributed by atoms with Crippen molar-refractivity contribution in [3.63, 3.8) is 0 Å². The van der Waals surface area contributed by atoms with Crippen LogP contribution in [0.2, 0.25) is 5.02 Å². The molecule has 0 spiro atoms. The van der Waals surface area contributed by atoms with Gasteiger partial charge in [-0.15, -0.1) is 0 Å². The third kappa shape index (κ3) is 5.26. The Hall–Kier alpha value is -2.98. The molecule has 3 rings (SSSR count). The molecule has 0 fully saturated rings. The van der Waals surface area contributed by atoms with E-state index in [2.05, 4.69) is 5.32 Å². The molecule has 0 aromatic heterocycles. The summed E-state index contributed by atoms with van der Waals surface area (Å²) in [6, 6.07) is 23.7. The van der Waals surface area contributed by atoms with Gasteiger partial charge in [-0.3, -0.25) is 5.32 Å². The number of hydrogen-bond donors (Lipinski definition) is 1. The molecule has 126 valence electrons. The van der Waals surface area contributed by atoms with Gasteiger partial charge in [-0.1, -0.05) is 41.9 Å². The lowest BCUT2D eigenvalue weighted by Crippen LogP contribution is -2.13. The van der Waals surface area contributed by atoms with Crippen LogP contribution in [0.15, 0.2) is 78.9 Å². The van der Waals surface area contributed by atoms with Crippen molar-refractivity contribution >= 4 is 23.4 Å². The van der Waals surface area contributed by atoms with Crippen molar-refractivity contribution in [1.29, 1.82) is 0 Å². The molecule has 25 heavy (non-hydrogen) atoms. The molecule has 0 bridgehead atoms. The Morgan fingerprint density at radius 2 is 1.60 bits per heavy atom. The summed E-state index contributed by atoms with van der Waals surface area (Å²) in [7, 11) is 0. The third-order valence-electron chi connectivity index (χ3n) is 3.34. The van der Waals surface area contributed by atoms with E-state index < -0.39 is 6.09 Å². The van der Waals surface area contributed by atoms with Crippen LogP contribution in [0.1, 0.15) is 5.56 Å². The first kappa shape index (κ1) is 16.9. The number of anilines is 1. The predicted octanol–water partition coefficient (Wildman–Crippen LogP) is 5.88. The van der Waals surface area contributed by atoms with Crippen LogP contribution < -0.4 is 10.1 Å². The fraction of sp³-hybridized carbons (Fsp3) is 0.0500. The van der Waals surface area contributed by atoms with E-state index in [1.807, 2.05) is 54.6 Å². The Balaban J connectivity index is 1.55. The van der Waals surface area contributed by atoms with Crippen LogP contribution in [0.5, 0.6) is 11.5 Å². The second kappa shape index (κ2) is 8.22. The zero-order valence-corrected chi connectivity index (χ0v) is 14.1. The predicted molar refractivity (Wildman–Crippen MR) is 98.2 cm³/mol. The smallest absolute Gasteiger partial charge is 0.411 e. The summed E-state index contributed by atoms with van der Waals surface area (Å²) >= 11 is 5.81. The van der Waals surface area contributed by atoms with E-state index in [0.29, 0.717) is 16.5 Å². The quantitative estimate of drug-likeness (QED) is 0.623. The Morgan fingerprint density at radius 1 is 0.880 bits per heavy atom. The van der Waals surface area contributed by atoms with Gasteiger partial charge in [0.05, 0.1) is 0 Å². The summed E-state index contributed by atoms with van der Waals surface area (Å²) in [6.07, 6.45) is -0.531. The van der Waals surface area contributed by atoms with E-state index in [1.165, 1.54) is 0 Å². The largest absolute Gasteiger partial charge is 0.457 e. The topological polar surface area (TPSA) is 47.6 Å². The molecule has 0 aliphatic carbocycles. The molecule has 0 saturated heterocycles. The SMILES string of the molecule is O=C(Nc1ccc(Cl)cc1)OCc1cccc(Oc2ccccc2)c1. The number of nitrogens with one attached hydrogen (secondary N) is 1. The highest BCUT2D eigenvalue weighted by Gasteiger charge is 2.05. The van der Waals surface area contributed by atoms with Gasteiger partial charge in [-0.05, 0) is 54.1 Å². The maximum atomic E-state index is 11.8. The zero-order chi connectivity index (χ0) is 17.5. The zero-order valence-electron chi connectivity index (χ0n) is 13.3. The Bertz CT molecular complexity index is 835. The summed E-state index contributed by atoms with van der Waals surface area (Å²) < 4.78 is 11.0.